The highest BCUT2D eigenvalue weighted by atomic mass is 35.5. The largest absolute Gasteiger partial charge is 0.494 e. The van der Waals surface area contributed by atoms with Crippen molar-refractivity contribution in [2.24, 2.45) is 0 Å². The fourth-order valence-corrected chi connectivity index (χ4v) is 1.66. The highest BCUT2D eigenvalue weighted by molar-refractivity contribution is 6.31. The molecule has 0 atom stereocenters. The second-order valence-corrected chi connectivity index (χ2v) is 3.93. The summed E-state index contributed by atoms with van der Waals surface area (Å²) in [4.78, 5) is 8.20. The molecule has 3 nitrogen and oxygen atoms in total. The summed E-state index contributed by atoms with van der Waals surface area (Å²) in [6.45, 7) is 2.80. The number of nitrogens with zero attached hydrogens (tertiary/aromatic N) is 2. The van der Waals surface area contributed by atoms with Gasteiger partial charge < -0.3 is 4.74 Å². The Morgan fingerprint density at radius 2 is 1.82 bits per heavy atom. The first kappa shape index (κ1) is 11.9. The van der Waals surface area contributed by atoms with Gasteiger partial charge in [-0.05, 0) is 30.7 Å². The standard InChI is InChI=1S/C13H13ClN2O/c1-2-9-17-11-5-3-10(4-6-11)12-13(14)16-8-7-15-12/h3-8H,2,9H2,1H3. The molecule has 17 heavy (non-hydrogen) atoms. The summed E-state index contributed by atoms with van der Waals surface area (Å²) in [5.74, 6) is 0.857. The molecule has 88 valence electrons. The van der Waals surface area contributed by atoms with Crippen LogP contribution in [0.3, 0.4) is 0 Å². The second kappa shape index (κ2) is 5.64. The summed E-state index contributed by atoms with van der Waals surface area (Å²) in [5.41, 5.74) is 1.63. The van der Waals surface area contributed by atoms with Crippen LogP contribution in [0.5, 0.6) is 5.75 Å². The molecular formula is C13H13ClN2O. The SMILES string of the molecule is CCCOc1ccc(-c2nccnc2Cl)cc1. The zero-order valence-corrected chi connectivity index (χ0v) is 10.3. The maximum atomic E-state index is 5.98. The van der Waals surface area contributed by atoms with E-state index in [-0.39, 0.29) is 0 Å². The molecule has 0 N–H and O–H groups in total. The van der Waals surface area contributed by atoms with Crippen LogP contribution in [-0.4, -0.2) is 16.6 Å². The average molecular weight is 249 g/mol. The Morgan fingerprint density at radius 1 is 1.12 bits per heavy atom. The molecule has 0 radical (unpaired) electrons. The van der Waals surface area contributed by atoms with Gasteiger partial charge in [0, 0.05) is 18.0 Å². The smallest absolute Gasteiger partial charge is 0.155 e. The lowest BCUT2D eigenvalue weighted by atomic mass is 10.1. The fourth-order valence-electron chi connectivity index (χ4n) is 1.44. The summed E-state index contributed by atoms with van der Waals surface area (Å²) in [6, 6.07) is 7.69. The number of halogens is 1. The van der Waals surface area contributed by atoms with E-state index in [1.165, 1.54) is 0 Å². The molecule has 0 saturated carbocycles. The number of hydrogen-bond donors (Lipinski definition) is 0. The third kappa shape index (κ3) is 2.94. The molecule has 0 spiro atoms. The van der Waals surface area contributed by atoms with Gasteiger partial charge in [0.15, 0.2) is 5.15 Å². The van der Waals surface area contributed by atoms with Crippen LogP contribution in [0.4, 0.5) is 0 Å². The predicted molar refractivity (Wildman–Crippen MR) is 68.3 cm³/mol. The van der Waals surface area contributed by atoms with Crippen molar-refractivity contribution >= 4 is 11.6 Å². The molecule has 2 rings (SSSR count). The molecule has 0 bridgehead atoms. The van der Waals surface area contributed by atoms with Crippen molar-refractivity contribution in [2.75, 3.05) is 6.61 Å². The Bertz CT molecular complexity index is 485. The molecule has 1 heterocycles. The Morgan fingerprint density at radius 3 is 2.47 bits per heavy atom. The molecule has 1 aromatic carbocycles. The molecule has 0 saturated heterocycles. The molecule has 4 heteroatoms. The average Bonchev–Trinajstić information content (AvgIpc) is 2.38. The van der Waals surface area contributed by atoms with E-state index >= 15 is 0 Å². The van der Waals surface area contributed by atoms with Crippen molar-refractivity contribution in [1.82, 2.24) is 9.97 Å². The zero-order valence-electron chi connectivity index (χ0n) is 9.56. The van der Waals surface area contributed by atoms with Crippen LogP contribution in [0.2, 0.25) is 5.15 Å². The summed E-state index contributed by atoms with van der Waals surface area (Å²) in [6.07, 6.45) is 4.20. The lowest BCUT2D eigenvalue weighted by molar-refractivity contribution is 0.317. The molecule has 0 aliphatic carbocycles. The third-order valence-corrected chi connectivity index (χ3v) is 2.53. The quantitative estimate of drug-likeness (QED) is 0.830. The lowest BCUT2D eigenvalue weighted by Gasteiger charge is -2.06. The number of aromatic nitrogens is 2. The minimum absolute atomic E-state index is 0.412. The van der Waals surface area contributed by atoms with Crippen LogP contribution in [0.15, 0.2) is 36.7 Å². The van der Waals surface area contributed by atoms with Crippen LogP contribution in [-0.2, 0) is 0 Å². The lowest BCUT2D eigenvalue weighted by Crippen LogP contribution is -1.94. The van der Waals surface area contributed by atoms with Gasteiger partial charge in [-0.2, -0.15) is 0 Å². The fraction of sp³-hybridized carbons (Fsp3) is 0.231. The van der Waals surface area contributed by atoms with Crippen LogP contribution in [0, 0.1) is 0 Å². The molecule has 0 fully saturated rings. The van der Waals surface area contributed by atoms with E-state index in [0.717, 1.165) is 24.3 Å². The van der Waals surface area contributed by atoms with E-state index in [2.05, 4.69) is 16.9 Å². The van der Waals surface area contributed by atoms with Gasteiger partial charge in [0.2, 0.25) is 0 Å². The molecule has 0 unspecified atom stereocenters. The Balaban J connectivity index is 2.21. The summed E-state index contributed by atoms with van der Waals surface area (Å²) < 4.78 is 5.51. The zero-order chi connectivity index (χ0) is 12.1. The maximum Gasteiger partial charge on any atom is 0.155 e. The first-order valence-electron chi connectivity index (χ1n) is 5.51. The first-order chi connectivity index (χ1) is 8.31. The Hall–Kier alpha value is -1.61. The van der Waals surface area contributed by atoms with Gasteiger partial charge in [0.25, 0.3) is 0 Å². The van der Waals surface area contributed by atoms with E-state index in [1.54, 1.807) is 12.4 Å². The van der Waals surface area contributed by atoms with E-state index in [1.807, 2.05) is 24.3 Å². The molecule has 2 aromatic rings. The van der Waals surface area contributed by atoms with Gasteiger partial charge >= 0.3 is 0 Å². The van der Waals surface area contributed by atoms with Crippen LogP contribution in [0.25, 0.3) is 11.3 Å². The van der Waals surface area contributed by atoms with Crippen molar-refractivity contribution in [3.8, 4) is 17.0 Å². The van der Waals surface area contributed by atoms with E-state index < -0.39 is 0 Å². The first-order valence-corrected chi connectivity index (χ1v) is 5.89. The number of ether oxygens (including phenoxy) is 1. The summed E-state index contributed by atoms with van der Waals surface area (Å²) in [5, 5.41) is 0.412. The molecular weight excluding hydrogens is 236 g/mol. The highest BCUT2D eigenvalue weighted by Gasteiger charge is 2.05. The Kier molecular flexibility index (Phi) is 3.94. The van der Waals surface area contributed by atoms with Crippen LogP contribution >= 0.6 is 11.6 Å². The summed E-state index contributed by atoms with van der Waals surface area (Å²) in [7, 11) is 0. The van der Waals surface area contributed by atoms with Crippen molar-refractivity contribution in [1.29, 1.82) is 0 Å². The number of benzene rings is 1. The summed E-state index contributed by atoms with van der Waals surface area (Å²) >= 11 is 5.98. The van der Waals surface area contributed by atoms with Crippen molar-refractivity contribution in [2.45, 2.75) is 13.3 Å². The van der Waals surface area contributed by atoms with Gasteiger partial charge in [-0.25, -0.2) is 4.98 Å². The normalized spacial score (nSPS) is 10.2. The number of rotatable bonds is 4. The van der Waals surface area contributed by atoms with Crippen molar-refractivity contribution in [3.05, 3.63) is 41.8 Å². The Labute approximate surface area is 105 Å². The third-order valence-electron chi connectivity index (χ3n) is 2.25. The highest BCUT2D eigenvalue weighted by Crippen LogP contribution is 2.25. The van der Waals surface area contributed by atoms with Crippen LogP contribution in [0.1, 0.15) is 13.3 Å². The van der Waals surface area contributed by atoms with Gasteiger partial charge in [0.05, 0.1) is 6.61 Å². The predicted octanol–water partition coefficient (Wildman–Crippen LogP) is 3.59. The van der Waals surface area contributed by atoms with Gasteiger partial charge in [-0.3, -0.25) is 4.98 Å². The van der Waals surface area contributed by atoms with Gasteiger partial charge in [-0.1, -0.05) is 18.5 Å². The molecule has 0 aliphatic rings. The van der Waals surface area contributed by atoms with Gasteiger partial charge in [0.1, 0.15) is 11.4 Å². The topological polar surface area (TPSA) is 35.0 Å². The van der Waals surface area contributed by atoms with Crippen molar-refractivity contribution < 1.29 is 4.74 Å². The minimum atomic E-state index is 0.412. The molecule has 1 aromatic heterocycles. The maximum absolute atomic E-state index is 5.98. The van der Waals surface area contributed by atoms with E-state index in [9.17, 15) is 0 Å². The van der Waals surface area contributed by atoms with Gasteiger partial charge in [-0.15, -0.1) is 0 Å². The number of hydrogen-bond acceptors (Lipinski definition) is 3. The van der Waals surface area contributed by atoms with E-state index in [0.29, 0.717) is 10.8 Å². The molecule has 0 aliphatic heterocycles. The monoisotopic (exact) mass is 248 g/mol. The van der Waals surface area contributed by atoms with Crippen molar-refractivity contribution in [3.63, 3.8) is 0 Å². The minimum Gasteiger partial charge on any atom is -0.494 e. The van der Waals surface area contributed by atoms with Crippen LogP contribution < -0.4 is 4.74 Å². The molecule has 0 amide bonds. The van der Waals surface area contributed by atoms with E-state index in [4.69, 9.17) is 16.3 Å². The second-order valence-electron chi connectivity index (χ2n) is 3.57.